The molecule has 5 heterocycles. The van der Waals surface area contributed by atoms with Crippen molar-refractivity contribution < 1.29 is 24.6 Å². The topological polar surface area (TPSA) is 202 Å². The first-order valence-electron chi connectivity index (χ1n) is 20.8. The molecule has 7 rings (SSSR count). The van der Waals surface area contributed by atoms with E-state index in [0.717, 1.165) is 67.3 Å². The first-order valence-corrected chi connectivity index (χ1v) is 21.7. The summed E-state index contributed by atoms with van der Waals surface area (Å²) in [6, 6.07) is 15.0. The summed E-state index contributed by atoms with van der Waals surface area (Å²) in [4.78, 5) is 52.7. The number of nitrogens with zero attached hydrogens (tertiary/aromatic N) is 6. The zero-order chi connectivity index (χ0) is 42.7. The van der Waals surface area contributed by atoms with Crippen molar-refractivity contribution in [3.63, 3.8) is 0 Å². The maximum atomic E-state index is 14.2. The standard InChI is InChI=1S/C44H58N10O5S/c1-26(29-10-12-30(13-11-29)39-27(2)46-25-60-39)47-42(58)36-18-32(55)23-54(36)43(59)40(44(3,4)5)49-38(57)24-53-21-28(22-53)20-52-16-14-31(15-17-52)48-35-19-34(50-51-41(35)45)33-8-6-7-9-37(33)56/h6-13,19,25-26,28,31-32,36,40,55-56H,14-18,20-24H2,1-5H3,(H2,45,51)(H,47,58)(H,48,50)(H,49,57)/t26-,32+,36-,40?/m0/s1. The van der Waals surface area contributed by atoms with Gasteiger partial charge in [-0.15, -0.1) is 21.5 Å². The molecule has 320 valence electrons. The molecule has 3 aliphatic heterocycles. The predicted octanol–water partition coefficient (Wildman–Crippen LogP) is 4.04. The Morgan fingerprint density at radius 3 is 2.37 bits per heavy atom. The maximum absolute atomic E-state index is 14.2. The van der Waals surface area contributed by atoms with Crippen LogP contribution >= 0.6 is 11.3 Å². The van der Waals surface area contributed by atoms with Gasteiger partial charge < -0.3 is 41.7 Å². The van der Waals surface area contributed by atoms with Crippen molar-refractivity contribution in [2.45, 2.75) is 84.2 Å². The van der Waals surface area contributed by atoms with Gasteiger partial charge in [0.1, 0.15) is 17.8 Å². The van der Waals surface area contributed by atoms with E-state index in [1.807, 2.05) is 76.5 Å². The van der Waals surface area contributed by atoms with E-state index in [1.165, 1.54) is 4.90 Å². The number of thiazole rings is 1. The molecular formula is C44H58N10O5S. The van der Waals surface area contributed by atoms with Crippen molar-refractivity contribution in [1.82, 2.24) is 40.5 Å². The SMILES string of the molecule is Cc1ncsc1-c1ccc([C@H](C)NC(=O)[C@@H]2C[C@@H](O)CN2C(=O)C(NC(=O)CN2CC(CN3CCC(Nc4cc(-c5ccccc5O)nnc4N)CC3)C2)C(C)(C)C)cc1. The molecule has 0 spiro atoms. The van der Waals surface area contributed by atoms with Crippen molar-refractivity contribution in [3.8, 4) is 27.4 Å². The molecule has 60 heavy (non-hydrogen) atoms. The van der Waals surface area contributed by atoms with E-state index in [2.05, 4.69) is 40.9 Å². The minimum Gasteiger partial charge on any atom is -0.507 e. The van der Waals surface area contributed by atoms with Crippen molar-refractivity contribution in [3.05, 3.63) is 71.4 Å². The molecule has 0 aliphatic carbocycles. The lowest BCUT2D eigenvalue weighted by Gasteiger charge is -2.43. The van der Waals surface area contributed by atoms with E-state index in [1.54, 1.807) is 29.5 Å². The average molecular weight is 839 g/mol. The van der Waals surface area contributed by atoms with E-state index in [9.17, 15) is 24.6 Å². The third kappa shape index (κ3) is 10.1. The fraction of sp³-hybridized carbons (Fsp3) is 0.500. The number of rotatable bonds is 13. The van der Waals surface area contributed by atoms with E-state index in [0.29, 0.717) is 28.7 Å². The van der Waals surface area contributed by atoms with Gasteiger partial charge in [-0.2, -0.15) is 0 Å². The number of β-amino-alcohol motifs (C(OH)–C–C–N with tert-alkyl or cyclic N) is 1. The zero-order valence-corrected chi connectivity index (χ0v) is 35.9. The number of carbonyl (C=O) groups is 3. The van der Waals surface area contributed by atoms with Crippen LogP contribution in [0.15, 0.2) is 60.1 Å². The third-order valence-electron chi connectivity index (χ3n) is 11.9. The molecule has 0 radical (unpaired) electrons. The van der Waals surface area contributed by atoms with Crippen molar-refractivity contribution >= 4 is 40.6 Å². The minimum atomic E-state index is -0.881. The van der Waals surface area contributed by atoms with Crippen LogP contribution < -0.4 is 21.7 Å². The smallest absolute Gasteiger partial charge is 0.246 e. The molecule has 3 amide bonds. The summed E-state index contributed by atoms with van der Waals surface area (Å²) in [6.07, 6.45) is 1.15. The molecule has 3 aliphatic rings. The number of benzene rings is 2. The number of aromatic hydroxyl groups is 1. The quantitative estimate of drug-likeness (QED) is 0.113. The van der Waals surface area contributed by atoms with Crippen molar-refractivity contribution in [2.24, 2.45) is 11.3 Å². The first kappa shape index (κ1) is 42.9. The van der Waals surface area contributed by atoms with Gasteiger partial charge in [0.25, 0.3) is 0 Å². The molecule has 2 aromatic carbocycles. The van der Waals surface area contributed by atoms with Crippen LogP contribution in [-0.2, 0) is 14.4 Å². The Kier molecular flexibility index (Phi) is 13.0. The van der Waals surface area contributed by atoms with Gasteiger partial charge in [-0.25, -0.2) is 4.98 Å². The number of aliphatic hydroxyl groups is 1. The number of aromatic nitrogens is 3. The molecule has 15 nitrogen and oxygen atoms in total. The number of nitrogens with two attached hydrogens (primary N) is 1. The lowest BCUT2D eigenvalue weighted by molar-refractivity contribution is -0.144. The zero-order valence-electron chi connectivity index (χ0n) is 35.1. The number of carbonyl (C=O) groups excluding carboxylic acids is 3. The summed E-state index contributed by atoms with van der Waals surface area (Å²) in [5.74, 6) is -0.0509. The number of nitrogens with one attached hydrogen (secondary N) is 3. The van der Waals surface area contributed by atoms with Crippen LogP contribution in [0, 0.1) is 18.3 Å². The number of phenolic OH excluding ortho intramolecular Hbond substituents is 1. The Morgan fingerprint density at radius 1 is 0.983 bits per heavy atom. The number of hydrogen-bond acceptors (Lipinski definition) is 13. The number of likely N-dealkylation sites (tertiary alicyclic amines) is 3. The predicted molar refractivity (Wildman–Crippen MR) is 233 cm³/mol. The molecule has 7 N–H and O–H groups in total. The van der Waals surface area contributed by atoms with Crippen molar-refractivity contribution in [1.29, 1.82) is 0 Å². The van der Waals surface area contributed by atoms with E-state index in [-0.39, 0.29) is 55.1 Å². The molecular weight excluding hydrogens is 781 g/mol. The molecule has 1 unspecified atom stereocenters. The number of phenols is 1. The molecule has 16 heteroatoms. The Labute approximate surface area is 355 Å². The van der Waals surface area contributed by atoms with E-state index >= 15 is 0 Å². The maximum Gasteiger partial charge on any atom is 0.246 e. The summed E-state index contributed by atoms with van der Waals surface area (Å²) in [5.41, 5.74) is 12.2. The molecule has 0 bridgehead atoms. The summed E-state index contributed by atoms with van der Waals surface area (Å²) in [7, 11) is 0. The lowest BCUT2D eigenvalue weighted by Crippen LogP contribution is -2.60. The van der Waals surface area contributed by atoms with Crippen LogP contribution in [0.5, 0.6) is 5.75 Å². The second-order valence-electron chi connectivity index (χ2n) is 17.7. The van der Waals surface area contributed by atoms with Gasteiger partial charge in [-0.1, -0.05) is 57.2 Å². The van der Waals surface area contributed by atoms with E-state index < -0.39 is 23.6 Å². The van der Waals surface area contributed by atoms with Gasteiger partial charge in [0, 0.05) is 57.3 Å². The van der Waals surface area contributed by atoms with Gasteiger partial charge in [0.2, 0.25) is 17.7 Å². The third-order valence-corrected chi connectivity index (χ3v) is 12.9. The molecule has 3 fully saturated rings. The van der Waals surface area contributed by atoms with Gasteiger partial charge in [-0.05, 0) is 67.3 Å². The van der Waals surface area contributed by atoms with Crippen LogP contribution in [0.1, 0.15) is 64.3 Å². The van der Waals surface area contributed by atoms with Gasteiger partial charge in [0.05, 0.1) is 46.2 Å². The highest BCUT2D eigenvalue weighted by molar-refractivity contribution is 7.13. The van der Waals surface area contributed by atoms with Crippen LogP contribution in [0.3, 0.4) is 0 Å². The van der Waals surface area contributed by atoms with Gasteiger partial charge in [0.15, 0.2) is 5.82 Å². The normalized spacial score (nSPS) is 20.3. The van der Waals surface area contributed by atoms with Crippen molar-refractivity contribution in [2.75, 3.05) is 56.9 Å². The number of para-hydroxylation sites is 1. The highest BCUT2D eigenvalue weighted by Gasteiger charge is 2.45. The Bertz CT molecular complexity index is 2140. The molecule has 2 aromatic heterocycles. The Balaban J connectivity index is 0.861. The number of anilines is 2. The summed E-state index contributed by atoms with van der Waals surface area (Å²) in [5, 5.41) is 38.8. The summed E-state index contributed by atoms with van der Waals surface area (Å²) in [6.45, 7) is 14.2. The second kappa shape index (κ2) is 18.2. The van der Waals surface area contributed by atoms with E-state index in [4.69, 9.17) is 5.73 Å². The molecule has 0 saturated carbocycles. The Hall–Kier alpha value is -5.16. The highest BCUT2D eigenvalue weighted by Crippen LogP contribution is 2.32. The fourth-order valence-corrected chi connectivity index (χ4v) is 9.34. The molecule has 4 atom stereocenters. The first-order chi connectivity index (χ1) is 28.6. The lowest BCUT2D eigenvalue weighted by atomic mass is 9.85. The summed E-state index contributed by atoms with van der Waals surface area (Å²) >= 11 is 1.58. The minimum absolute atomic E-state index is 0.0212. The van der Waals surface area contributed by atoms with Crippen LogP contribution in [0.2, 0.25) is 0 Å². The number of aliphatic hydroxyl groups excluding tert-OH is 1. The van der Waals surface area contributed by atoms with Gasteiger partial charge in [-0.3, -0.25) is 19.3 Å². The van der Waals surface area contributed by atoms with Crippen LogP contribution in [0.4, 0.5) is 11.5 Å². The number of nitrogen functional groups attached to an aromatic ring is 1. The van der Waals surface area contributed by atoms with Crippen LogP contribution in [-0.4, -0.2) is 128 Å². The number of amides is 3. The highest BCUT2D eigenvalue weighted by atomic mass is 32.1. The summed E-state index contributed by atoms with van der Waals surface area (Å²) < 4.78 is 0. The molecule has 4 aromatic rings. The average Bonchev–Trinajstić information content (AvgIpc) is 3.82. The Morgan fingerprint density at radius 2 is 1.70 bits per heavy atom. The van der Waals surface area contributed by atoms with Gasteiger partial charge >= 0.3 is 0 Å². The molecule has 3 saturated heterocycles. The largest absolute Gasteiger partial charge is 0.507 e. The number of hydrogen-bond donors (Lipinski definition) is 6. The fourth-order valence-electron chi connectivity index (χ4n) is 8.53. The second-order valence-corrected chi connectivity index (χ2v) is 18.6. The number of aryl methyl sites for hydroxylation is 1. The number of piperidine rings is 1. The van der Waals surface area contributed by atoms with Crippen LogP contribution in [0.25, 0.3) is 21.7 Å². The monoisotopic (exact) mass is 838 g/mol.